The number of halogens is 2. The predicted octanol–water partition coefficient (Wildman–Crippen LogP) is 8.16. The number of aromatic nitrogens is 9. The van der Waals surface area contributed by atoms with Crippen LogP contribution in [0.2, 0.25) is 10.0 Å². The lowest BCUT2D eigenvalue weighted by molar-refractivity contribution is -0.384. The number of hydrogen-bond acceptors (Lipinski definition) is 16. The number of hydrogen-bond donors (Lipinski definition) is 2. The highest BCUT2D eigenvalue weighted by Crippen LogP contribution is 2.24. The minimum Gasteiger partial charge on any atom is -0.469 e. The van der Waals surface area contributed by atoms with E-state index in [0.717, 1.165) is 51.1 Å². The second-order valence-corrected chi connectivity index (χ2v) is 18.0. The van der Waals surface area contributed by atoms with Gasteiger partial charge in [-0.05, 0) is 59.2 Å². The summed E-state index contributed by atoms with van der Waals surface area (Å²) in [5.41, 5.74) is 14.7. The van der Waals surface area contributed by atoms with Gasteiger partial charge < -0.3 is 25.3 Å². The van der Waals surface area contributed by atoms with Crippen LogP contribution in [0.5, 0.6) is 0 Å². The lowest BCUT2D eigenvalue weighted by Gasteiger charge is -2.10. The number of benzene rings is 4. The predicted molar refractivity (Wildman–Crippen MR) is 289 cm³/mol. The zero-order chi connectivity index (χ0) is 55.3. The fourth-order valence-electron chi connectivity index (χ4n) is 7.98. The standard InChI is InChI=1S/C23H18Cl2N4O3.C16H14N4O4.C16H16N4O2/c1-32-21(30)12-16-13-27-20(29-9-8-26-22(16)29)10-14-2-5-17(6-3-14)28-23(31)15-4-7-18(24)19(25)11-15;1-24-15(21)9-12-10-18-14(19-7-6-17-16(12)19)8-11-2-4-13(5-3-11)20(22)23;1-22-15(21)9-12-10-19-14(20-7-6-18-16(12)20)8-11-2-4-13(17)5-3-11/h2-9,11,13H,10,12H2,1H3,(H,28,31);2-7,10H,8-9H2,1H3;2-7,10H,8-9,17H2,1H3. The number of ether oxygens (including phenoxy) is 3. The molecule has 21 nitrogen and oxygen atoms in total. The van der Waals surface area contributed by atoms with Gasteiger partial charge in [0, 0.05) is 121 Å². The topological polar surface area (TPSA) is 268 Å². The number of carbonyl (C=O) groups excluding carboxylic acids is 4. The number of nitro benzene ring substituents is 1. The third-order valence-electron chi connectivity index (χ3n) is 12.0. The van der Waals surface area contributed by atoms with E-state index in [-0.39, 0.29) is 48.8 Å². The van der Waals surface area contributed by atoms with Crippen molar-refractivity contribution in [1.29, 1.82) is 0 Å². The van der Waals surface area contributed by atoms with E-state index in [1.165, 1.54) is 39.5 Å². The van der Waals surface area contributed by atoms with Gasteiger partial charge in [0.1, 0.15) is 34.4 Å². The molecule has 0 atom stereocenters. The molecule has 0 saturated heterocycles. The number of esters is 3. The zero-order valence-corrected chi connectivity index (χ0v) is 43.6. The smallest absolute Gasteiger partial charge is 0.310 e. The highest BCUT2D eigenvalue weighted by atomic mass is 35.5. The van der Waals surface area contributed by atoms with E-state index in [0.29, 0.717) is 63.0 Å². The Morgan fingerprint density at radius 2 is 0.936 bits per heavy atom. The van der Waals surface area contributed by atoms with E-state index in [2.05, 4.69) is 40.0 Å². The Balaban J connectivity index is 0.000000158. The van der Waals surface area contributed by atoms with Crippen molar-refractivity contribution in [3.63, 3.8) is 0 Å². The fraction of sp³-hybridized carbons (Fsp3) is 0.164. The van der Waals surface area contributed by atoms with Crippen LogP contribution in [0.25, 0.3) is 16.9 Å². The summed E-state index contributed by atoms with van der Waals surface area (Å²) in [5, 5.41) is 14.3. The van der Waals surface area contributed by atoms with Crippen molar-refractivity contribution < 1.29 is 38.3 Å². The SMILES string of the molecule is COC(=O)Cc1cnc(Cc2ccc(N)cc2)n2ccnc12.COC(=O)Cc1cnc(Cc2ccc(NC(=O)c3ccc(Cl)c(Cl)c3)cc2)n2ccnc12.COC(=O)Cc1cnc(Cc2ccc([N+](=O)[O-])cc2)n2ccnc12. The summed E-state index contributed by atoms with van der Waals surface area (Å²) in [6.45, 7) is 0. The molecule has 0 aliphatic rings. The Morgan fingerprint density at radius 3 is 1.31 bits per heavy atom. The van der Waals surface area contributed by atoms with Crippen LogP contribution >= 0.6 is 23.2 Å². The first-order chi connectivity index (χ1) is 37.7. The van der Waals surface area contributed by atoms with Crippen molar-refractivity contribution in [1.82, 2.24) is 43.1 Å². The first kappa shape index (κ1) is 54.7. The molecule has 6 heterocycles. The van der Waals surface area contributed by atoms with Gasteiger partial charge in [-0.15, -0.1) is 0 Å². The first-order valence-corrected chi connectivity index (χ1v) is 24.5. The van der Waals surface area contributed by atoms with Gasteiger partial charge in [0.2, 0.25) is 0 Å². The van der Waals surface area contributed by atoms with Crippen LogP contribution in [0.15, 0.2) is 147 Å². The second-order valence-electron chi connectivity index (χ2n) is 17.2. The second kappa shape index (κ2) is 25.3. The van der Waals surface area contributed by atoms with Gasteiger partial charge in [-0.1, -0.05) is 59.6 Å². The highest BCUT2D eigenvalue weighted by molar-refractivity contribution is 6.42. The van der Waals surface area contributed by atoms with Crippen LogP contribution in [-0.4, -0.2) is 93.2 Å². The summed E-state index contributed by atoms with van der Waals surface area (Å²) in [7, 11) is 4.05. The maximum atomic E-state index is 12.4. The minimum atomic E-state index is -0.433. The van der Waals surface area contributed by atoms with Crippen molar-refractivity contribution in [2.75, 3.05) is 32.4 Å². The number of nitrogens with one attached hydrogen (secondary N) is 1. The number of nitrogens with zero attached hydrogens (tertiary/aromatic N) is 10. The molecular formula is C55H48Cl2N12O9. The van der Waals surface area contributed by atoms with Gasteiger partial charge in [-0.2, -0.15) is 0 Å². The fourth-order valence-corrected chi connectivity index (χ4v) is 8.28. The Morgan fingerprint density at radius 1 is 0.551 bits per heavy atom. The van der Waals surface area contributed by atoms with Crippen LogP contribution in [0.4, 0.5) is 17.1 Å². The number of nitrogens with two attached hydrogens (primary N) is 1. The molecule has 0 radical (unpaired) electrons. The molecule has 78 heavy (non-hydrogen) atoms. The summed E-state index contributed by atoms with van der Waals surface area (Å²) in [6.07, 6.45) is 17.4. The average Bonchev–Trinajstić information content (AvgIpc) is 4.27. The van der Waals surface area contributed by atoms with E-state index >= 15 is 0 Å². The molecule has 23 heteroatoms. The van der Waals surface area contributed by atoms with Crippen LogP contribution in [0.1, 0.15) is 61.2 Å². The molecule has 4 aromatic carbocycles. The number of carbonyl (C=O) groups is 4. The number of methoxy groups -OCH3 is 3. The maximum absolute atomic E-state index is 12.4. The van der Waals surface area contributed by atoms with E-state index in [9.17, 15) is 29.3 Å². The largest absolute Gasteiger partial charge is 0.469 e. The maximum Gasteiger partial charge on any atom is 0.310 e. The molecule has 6 aromatic heterocycles. The van der Waals surface area contributed by atoms with Gasteiger partial charge in [-0.3, -0.25) is 42.5 Å². The highest BCUT2D eigenvalue weighted by Gasteiger charge is 2.17. The van der Waals surface area contributed by atoms with Crippen molar-refractivity contribution in [2.45, 2.75) is 38.5 Å². The molecule has 3 N–H and O–H groups in total. The van der Waals surface area contributed by atoms with Gasteiger partial charge in [-0.25, -0.2) is 29.9 Å². The van der Waals surface area contributed by atoms with Crippen LogP contribution < -0.4 is 11.1 Å². The van der Waals surface area contributed by atoms with Crippen molar-refractivity contribution >= 4 is 81.0 Å². The van der Waals surface area contributed by atoms with E-state index < -0.39 is 4.92 Å². The first-order valence-electron chi connectivity index (χ1n) is 23.7. The molecule has 0 unspecified atom stereocenters. The third kappa shape index (κ3) is 13.6. The molecular weight excluding hydrogens is 1040 g/mol. The van der Waals surface area contributed by atoms with E-state index in [4.69, 9.17) is 38.4 Å². The van der Waals surface area contributed by atoms with Crippen molar-refractivity contribution in [3.05, 3.63) is 223 Å². The monoisotopic (exact) mass is 1090 g/mol. The molecule has 10 rings (SSSR count). The van der Waals surface area contributed by atoms with Gasteiger partial charge in [0.25, 0.3) is 11.6 Å². The van der Waals surface area contributed by atoms with Gasteiger partial charge >= 0.3 is 17.9 Å². The summed E-state index contributed by atoms with van der Waals surface area (Å²) in [4.78, 5) is 83.6. The van der Waals surface area contributed by atoms with Crippen molar-refractivity contribution in [2.24, 2.45) is 0 Å². The number of nitro groups is 1. The number of nitrogen functional groups attached to an aromatic ring is 1. The number of anilines is 2. The molecule has 1 amide bonds. The number of rotatable bonds is 15. The normalized spacial score (nSPS) is 10.8. The summed E-state index contributed by atoms with van der Waals surface area (Å²) >= 11 is 11.9. The molecule has 396 valence electrons. The molecule has 0 aliphatic heterocycles. The average molecular weight is 1090 g/mol. The van der Waals surface area contributed by atoms with Crippen molar-refractivity contribution in [3.8, 4) is 0 Å². The molecule has 0 bridgehead atoms. The minimum absolute atomic E-state index is 0.0490. The molecule has 10 aromatic rings. The summed E-state index contributed by atoms with van der Waals surface area (Å²) in [5.74, 6) is 1.07. The summed E-state index contributed by atoms with van der Waals surface area (Å²) in [6, 6.07) is 26.2. The molecule has 0 fully saturated rings. The third-order valence-corrected chi connectivity index (χ3v) is 12.8. The van der Waals surface area contributed by atoms with E-state index in [1.807, 2.05) is 69.7 Å². The zero-order valence-electron chi connectivity index (χ0n) is 42.1. The molecule has 0 spiro atoms. The quantitative estimate of drug-likeness (QED) is 0.0322. The lowest BCUT2D eigenvalue weighted by atomic mass is 10.1. The van der Waals surface area contributed by atoms with E-state index in [1.54, 1.807) is 72.0 Å². The number of imidazole rings is 3. The lowest BCUT2D eigenvalue weighted by Crippen LogP contribution is -2.12. The Bertz CT molecular complexity index is 3790. The number of non-ortho nitro benzene ring substituents is 1. The number of fused-ring (bicyclic) bond motifs is 3. The van der Waals surface area contributed by atoms with Gasteiger partial charge in [0.15, 0.2) is 0 Å². The Kier molecular flexibility index (Phi) is 17.7. The van der Waals surface area contributed by atoms with Crippen LogP contribution in [0, 0.1) is 10.1 Å². The molecule has 0 aliphatic carbocycles. The van der Waals surface area contributed by atoms with Gasteiger partial charge in [0.05, 0.1) is 55.6 Å². The number of amides is 1. The Labute approximate surface area is 454 Å². The van der Waals surface area contributed by atoms with Crippen LogP contribution in [0.3, 0.4) is 0 Å². The molecule has 0 saturated carbocycles. The Hall–Kier alpha value is -9.60. The van der Waals surface area contributed by atoms with Crippen LogP contribution in [-0.2, 0) is 67.1 Å². The summed E-state index contributed by atoms with van der Waals surface area (Å²) < 4.78 is 19.7.